The average Bonchev–Trinajstić information content (AvgIpc) is 3.02. The van der Waals surface area contributed by atoms with E-state index in [1.54, 1.807) is 0 Å². The molecule has 0 saturated carbocycles. The number of nitrogens with two attached hydrogens (primary N) is 4. The number of rotatable bonds is 19. The molecule has 0 aliphatic rings. The molecular weight excluding hydrogens is 594 g/mol. The van der Waals surface area contributed by atoms with E-state index in [1.165, 1.54) is 0 Å². The lowest BCUT2D eigenvalue weighted by Gasteiger charge is -2.43. The highest BCUT2D eigenvalue weighted by Gasteiger charge is 2.39. The molecule has 0 aliphatic heterocycles. The van der Waals surface area contributed by atoms with Gasteiger partial charge in [0.15, 0.2) is 5.96 Å². The second-order valence-electron chi connectivity index (χ2n) is 13.2. The normalized spacial score (nSPS) is 14.1. The maximum atomic E-state index is 13.8. The second-order valence-corrected chi connectivity index (χ2v) is 13.2. The summed E-state index contributed by atoms with van der Waals surface area (Å²) < 4.78 is 0. The number of guanidine groups is 1. The van der Waals surface area contributed by atoms with Crippen molar-refractivity contribution in [1.29, 1.82) is 5.41 Å². The van der Waals surface area contributed by atoms with Gasteiger partial charge >= 0.3 is 0 Å². The van der Waals surface area contributed by atoms with Crippen LogP contribution in [0.2, 0.25) is 10.4 Å². The summed E-state index contributed by atoms with van der Waals surface area (Å²) in [7, 11) is 7.89. The van der Waals surface area contributed by atoms with Crippen molar-refractivity contribution in [2.24, 2.45) is 22.9 Å². The van der Waals surface area contributed by atoms with Crippen LogP contribution >= 0.6 is 0 Å². The van der Waals surface area contributed by atoms with Crippen LogP contribution in [-0.2, 0) is 32.0 Å². The summed E-state index contributed by atoms with van der Waals surface area (Å²) in [5, 5.41) is 17.5. The molecule has 0 aliphatic carbocycles. The van der Waals surface area contributed by atoms with Crippen molar-refractivity contribution >= 4 is 61.0 Å². The lowest BCUT2D eigenvalue weighted by Crippen LogP contribution is -2.58. The topological polar surface area (TPSA) is 244 Å². The molecule has 2 aromatic carbocycles. The van der Waals surface area contributed by atoms with Crippen molar-refractivity contribution in [3.05, 3.63) is 71.8 Å². The highest BCUT2D eigenvalue weighted by Crippen LogP contribution is 2.44. The molecule has 2 aromatic rings. The highest BCUT2D eigenvalue weighted by atomic mass is 16.2. The average molecular weight is 643 g/mol. The van der Waals surface area contributed by atoms with E-state index in [0.29, 0.717) is 13.0 Å². The van der Waals surface area contributed by atoms with Crippen LogP contribution in [0.15, 0.2) is 60.7 Å². The van der Waals surface area contributed by atoms with Gasteiger partial charge in [0, 0.05) is 13.0 Å². The predicted octanol–water partition coefficient (Wildman–Crippen LogP) is -4.88. The number of carbonyl (C=O) groups is 4. The van der Waals surface area contributed by atoms with E-state index in [4.69, 9.17) is 28.3 Å². The van der Waals surface area contributed by atoms with Crippen molar-refractivity contribution in [1.82, 2.24) is 21.3 Å². The van der Waals surface area contributed by atoms with Crippen molar-refractivity contribution in [3.63, 3.8) is 0 Å². The van der Waals surface area contributed by atoms with Crippen LogP contribution in [0.25, 0.3) is 0 Å². The van der Waals surface area contributed by atoms with Crippen LogP contribution in [0.4, 0.5) is 0 Å². The Kier molecular flexibility index (Phi) is 15.1. The minimum absolute atomic E-state index is 0.113. The van der Waals surface area contributed by atoms with Gasteiger partial charge in [-0.15, -0.1) is 0 Å². The molecule has 4 atom stereocenters. The van der Waals surface area contributed by atoms with Gasteiger partial charge in [0.1, 0.15) is 18.1 Å². The smallest absolute Gasteiger partial charge is 0.243 e. The molecule has 4 amide bonds. The number of carbonyl (C=O) groups excluding carboxylic acids is 4. The van der Waals surface area contributed by atoms with E-state index in [1.807, 2.05) is 92.0 Å². The zero-order valence-corrected chi connectivity index (χ0v) is 28.0. The van der Waals surface area contributed by atoms with Gasteiger partial charge in [-0.05, 0) is 43.4 Å². The van der Waals surface area contributed by atoms with Crippen molar-refractivity contribution < 1.29 is 19.2 Å². The molecule has 0 spiro atoms. The van der Waals surface area contributed by atoms with E-state index in [0.717, 1.165) is 11.1 Å². The van der Waals surface area contributed by atoms with Gasteiger partial charge in [-0.1, -0.05) is 71.1 Å². The van der Waals surface area contributed by atoms with Gasteiger partial charge in [0.2, 0.25) is 23.6 Å². The van der Waals surface area contributed by atoms with E-state index in [9.17, 15) is 19.2 Å². The summed E-state index contributed by atoms with van der Waals surface area (Å²) in [6.45, 7) is 0.643. The zero-order chi connectivity index (χ0) is 35.2. The maximum Gasteiger partial charge on any atom is 0.243 e. The molecule has 0 fully saturated rings. The van der Waals surface area contributed by atoms with Crippen LogP contribution < -0.4 is 44.2 Å². The predicted molar refractivity (Wildman–Crippen MR) is 196 cm³/mol. The maximum absolute atomic E-state index is 13.8. The number of primary amides is 1. The van der Waals surface area contributed by atoms with E-state index in [-0.39, 0.29) is 43.4 Å². The minimum Gasteiger partial charge on any atom is -0.370 e. The molecule has 0 unspecified atom stereocenters. The number of amides is 4. The van der Waals surface area contributed by atoms with Gasteiger partial charge in [0.25, 0.3) is 0 Å². The SMILES string of the molecule is BC(B)(CN)C(B)(B)C[C@H](NC(=O)[C@H](Cc1ccccc1)NC(=O)[C@@H](CCCNC(=N)N)NC(=O)[C@@H](N)Cc1ccccc1)C(N)=O. The van der Waals surface area contributed by atoms with Gasteiger partial charge in [-0.3, -0.25) is 24.6 Å². The van der Waals surface area contributed by atoms with E-state index < -0.39 is 53.0 Å². The molecule has 0 bridgehead atoms. The molecule has 250 valence electrons. The van der Waals surface area contributed by atoms with E-state index >= 15 is 0 Å². The molecule has 2 rings (SSSR count). The third kappa shape index (κ3) is 12.8. The summed E-state index contributed by atoms with van der Waals surface area (Å²) in [5.74, 6) is -2.67. The third-order valence-corrected chi connectivity index (χ3v) is 8.89. The molecule has 13 N–H and O–H groups in total. The zero-order valence-electron chi connectivity index (χ0n) is 28.0. The van der Waals surface area contributed by atoms with E-state index in [2.05, 4.69) is 21.3 Å². The van der Waals surface area contributed by atoms with Gasteiger partial charge in [0.05, 0.1) is 37.4 Å². The van der Waals surface area contributed by atoms with Crippen LogP contribution in [0.1, 0.15) is 30.4 Å². The summed E-state index contributed by atoms with van der Waals surface area (Å²) >= 11 is 0. The molecule has 47 heavy (non-hydrogen) atoms. The molecule has 13 nitrogen and oxygen atoms in total. The van der Waals surface area contributed by atoms with Crippen LogP contribution in [0.3, 0.4) is 0 Å². The largest absolute Gasteiger partial charge is 0.370 e. The monoisotopic (exact) mass is 643 g/mol. The van der Waals surface area contributed by atoms with Gasteiger partial charge in [-0.2, -0.15) is 0 Å². The summed E-state index contributed by atoms with van der Waals surface area (Å²) in [4.78, 5) is 53.3. The Balaban J connectivity index is 2.30. The molecule has 17 heteroatoms. The van der Waals surface area contributed by atoms with Gasteiger partial charge < -0.3 is 44.2 Å². The summed E-state index contributed by atoms with van der Waals surface area (Å²) in [6, 6.07) is 14.3. The Hall–Kier alpha value is -4.23. The fraction of sp³-hybridized carbons (Fsp3) is 0.433. The molecule has 0 aromatic heterocycles. The first-order valence-corrected chi connectivity index (χ1v) is 15.9. The standard InChI is InChI=1S/C30H49B4N9O4/c31-29(32,30(33,34)17-35)16-23(24(37)44)43-27(47)22(15-19-10-5-2-6-11-19)42-26(46)21(12-7-13-40-28(38)39)41-25(45)20(36)14-18-8-3-1-4-9-18/h1-6,8-11,20-23H,7,12-17,31-36H2,(H2,37,44)(H,41,45)(H,42,46)(H,43,47)(H4,38,39,40)/t20-,21+,22-,23-/m0/s1. The quantitative estimate of drug-likeness (QED) is 0.0310. The fourth-order valence-corrected chi connectivity index (χ4v) is 4.93. The molecule has 0 heterocycles. The molecule has 0 radical (unpaired) electrons. The van der Waals surface area contributed by atoms with Gasteiger partial charge in [-0.25, -0.2) is 0 Å². The Labute approximate surface area is 281 Å². The summed E-state index contributed by atoms with van der Waals surface area (Å²) in [5.41, 5.74) is 25.0. The Bertz CT molecular complexity index is 1350. The Morgan fingerprint density at radius 1 is 0.723 bits per heavy atom. The van der Waals surface area contributed by atoms with Crippen molar-refractivity contribution in [2.75, 3.05) is 13.1 Å². The molecular formula is C30H49B4N9O4. The van der Waals surface area contributed by atoms with Crippen molar-refractivity contribution in [3.8, 4) is 0 Å². The Morgan fingerprint density at radius 2 is 1.21 bits per heavy atom. The minimum atomic E-state index is -1.11. The lowest BCUT2D eigenvalue weighted by atomic mass is 9.28. The van der Waals surface area contributed by atoms with Crippen LogP contribution in [-0.4, -0.2) is 98.2 Å². The van der Waals surface area contributed by atoms with Crippen LogP contribution in [0.5, 0.6) is 0 Å². The Morgan fingerprint density at radius 3 is 1.72 bits per heavy atom. The molecule has 0 saturated heterocycles. The van der Waals surface area contributed by atoms with Crippen LogP contribution in [0, 0.1) is 5.41 Å². The number of hydrogen-bond donors (Lipinski definition) is 9. The van der Waals surface area contributed by atoms with Crippen molar-refractivity contribution in [2.45, 2.75) is 66.7 Å². The first kappa shape index (κ1) is 39.0. The number of nitrogens with one attached hydrogen (secondary N) is 5. The second kappa shape index (κ2) is 18.2. The first-order chi connectivity index (χ1) is 22.1. The number of benzene rings is 2. The summed E-state index contributed by atoms with van der Waals surface area (Å²) in [6.07, 6.45) is 1.14. The number of hydrogen-bond acceptors (Lipinski definition) is 7. The third-order valence-electron chi connectivity index (χ3n) is 8.89. The lowest BCUT2D eigenvalue weighted by molar-refractivity contribution is -0.133. The fourth-order valence-electron chi connectivity index (χ4n) is 4.93. The highest BCUT2D eigenvalue weighted by molar-refractivity contribution is 6.54. The first-order valence-electron chi connectivity index (χ1n) is 15.9.